The highest BCUT2D eigenvalue weighted by molar-refractivity contribution is 6.32. The van der Waals surface area contributed by atoms with E-state index >= 15 is 0 Å². The minimum absolute atomic E-state index is 0.109. The molecule has 5 nitrogen and oxygen atoms in total. The Morgan fingerprint density at radius 2 is 1.46 bits per heavy atom. The number of ether oxygens (including phenoxy) is 2. The number of allylic oxidation sites excluding steroid dienone is 4. The van der Waals surface area contributed by atoms with Crippen molar-refractivity contribution in [1.29, 1.82) is 0 Å². The Kier molecular flexibility index (Phi) is 6.87. The first-order chi connectivity index (χ1) is 16.4. The molecule has 0 radical (unpaired) electrons. The molecule has 0 N–H and O–H groups in total. The molecule has 35 heavy (non-hydrogen) atoms. The molecule has 0 saturated carbocycles. The van der Waals surface area contributed by atoms with Gasteiger partial charge in [-0.1, -0.05) is 46.2 Å². The van der Waals surface area contributed by atoms with Gasteiger partial charge in [-0.25, -0.2) is 0 Å². The summed E-state index contributed by atoms with van der Waals surface area (Å²) in [4.78, 5) is 29.5. The number of carbonyl (C=O) groups excluding carboxylic acids is 2. The first kappa shape index (κ1) is 25.8. The fourth-order valence-electron chi connectivity index (χ4n) is 5.86. The second kappa shape index (κ2) is 9.31. The van der Waals surface area contributed by atoms with E-state index in [0.29, 0.717) is 42.6 Å². The van der Waals surface area contributed by atoms with E-state index in [0.717, 1.165) is 47.4 Å². The zero-order valence-electron chi connectivity index (χ0n) is 22.1. The Morgan fingerprint density at radius 3 is 1.94 bits per heavy atom. The fourth-order valence-corrected chi connectivity index (χ4v) is 6.13. The average Bonchev–Trinajstić information content (AvgIpc) is 2.73. The van der Waals surface area contributed by atoms with Crippen LogP contribution in [0.25, 0.3) is 0 Å². The molecule has 0 saturated heterocycles. The van der Waals surface area contributed by atoms with Crippen LogP contribution in [0.15, 0.2) is 34.7 Å². The number of nitrogens with zero attached hydrogens (tertiary/aromatic N) is 1. The number of Topliss-reactive ketones (excluding diaryl/α,β-unsaturated/α-hetero) is 2. The summed E-state index contributed by atoms with van der Waals surface area (Å²) in [6.07, 6.45) is 3.34. The quantitative estimate of drug-likeness (QED) is 0.428. The van der Waals surface area contributed by atoms with Gasteiger partial charge in [0, 0.05) is 48.3 Å². The standard InChI is InChI=1S/C29H38ClNO4/c1-8-10-35-27-18(30)11-17(12-23(27)34-9-2)24-25-19(13-28(3,4)15-21(25)32)31(7)20-14-29(5,6)16-22(33)26(20)24/h11-12,24H,8-10,13-16H2,1-7H3. The topological polar surface area (TPSA) is 55.8 Å². The Labute approximate surface area is 214 Å². The molecular weight excluding hydrogens is 462 g/mol. The highest BCUT2D eigenvalue weighted by atomic mass is 35.5. The van der Waals surface area contributed by atoms with Crippen LogP contribution >= 0.6 is 11.6 Å². The van der Waals surface area contributed by atoms with Crippen molar-refractivity contribution in [1.82, 2.24) is 4.90 Å². The average molecular weight is 500 g/mol. The Morgan fingerprint density at radius 1 is 0.914 bits per heavy atom. The smallest absolute Gasteiger partial charge is 0.179 e. The SMILES string of the molecule is CCCOc1c(Cl)cc(C2C3=C(CC(C)(C)CC3=O)N(C)C3=C2C(=O)CC(C)(C)C3)cc1OCC. The second-order valence-electron chi connectivity index (χ2n) is 11.7. The molecular formula is C29H38ClNO4. The third-order valence-corrected chi connectivity index (χ3v) is 7.58. The van der Waals surface area contributed by atoms with Crippen molar-refractivity contribution in [2.45, 2.75) is 79.6 Å². The molecule has 0 fully saturated rings. The maximum atomic E-state index is 13.7. The summed E-state index contributed by atoms with van der Waals surface area (Å²) < 4.78 is 11.9. The van der Waals surface area contributed by atoms with Crippen molar-refractivity contribution >= 4 is 23.2 Å². The molecule has 1 aliphatic heterocycles. The van der Waals surface area contributed by atoms with Gasteiger partial charge in [0.25, 0.3) is 0 Å². The number of rotatable bonds is 6. The summed E-state index contributed by atoms with van der Waals surface area (Å²) in [5.74, 6) is 0.845. The van der Waals surface area contributed by atoms with Crippen LogP contribution in [0.4, 0.5) is 0 Å². The molecule has 2 aliphatic carbocycles. The number of ketones is 2. The lowest BCUT2D eigenvalue weighted by Crippen LogP contribution is -2.43. The van der Waals surface area contributed by atoms with Gasteiger partial charge >= 0.3 is 0 Å². The number of hydrogen-bond acceptors (Lipinski definition) is 5. The summed E-state index contributed by atoms with van der Waals surface area (Å²) >= 11 is 6.75. The van der Waals surface area contributed by atoms with Gasteiger partial charge in [0.15, 0.2) is 23.1 Å². The molecule has 4 rings (SSSR count). The van der Waals surface area contributed by atoms with Gasteiger partial charge in [0.1, 0.15) is 0 Å². The normalized spacial score (nSPS) is 21.8. The highest BCUT2D eigenvalue weighted by Gasteiger charge is 2.48. The number of benzene rings is 1. The van der Waals surface area contributed by atoms with Crippen LogP contribution in [-0.2, 0) is 9.59 Å². The summed E-state index contributed by atoms with van der Waals surface area (Å²) in [5, 5.41) is 0.440. The second-order valence-corrected chi connectivity index (χ2v) is 12.1. The summed E-state index contributed by atoms with van der Waals surface area (Å²) in [6.45, 7) is 13.5. The molecule has 3 aliphatic rings. The van der Waals surface area contributed by atoms with Crippen LogP contribution in [0.3, 0.4) is 0 Å². The first-order valence-electron chi connectivity index (χ1n) is 12.7. The molecule has 0 bridgehead atoms. The number of hydrogen-bond donors (Lipinski definition) is 0. The fraction of sp³-hybridized carbons (Fsp3) is 0.586. The summed E-state index contributed by atoms with van der Waals surface area (Å²) in [6, 6.07) is 3.78. The molecule has 6 heteroatoms. The van der Waals surface area contributed by atoms with E-state index in [2.05, 4.69) is 32.6 Å². The van der Waals surface area contributed by atoms with Crippen LogP contribution < -0.4 is 9.47 Å². The van der Waals surface area contributed by atoms with Crippen LogP contribution in [0.2, 0.25) is 5.02 Å². The zero-order valence-corrected chi connectivity index (χ0v) is 22.9. The Balaban J connectivity index is 1.95. The molecule has 0 aromatic heterocycles. The van der Waals surface area contributed by atoms with Gasteiger partial charge in [0.2, 0.25) is 0 Å². The monoisotopic (exact) mass is 499 g/mol. The maximum Gasteiger partial charge on any atom is 0.179 e. The third kappa shape index (κ3) is 4.76. The van der Waals surface area contributed by atoms with Crippen molar-refractivity contribution in [3.8, 4) is 11.5 Å². The van der Waals surface area contributed by atoms with Crippen molar-refractivity contribution in [3.05, 3.63) is 45.3 Å². The van der Waals surface area contributed by atoms with Crippen molar-refractivity contribution < 1.29 is 19.1 Å². The molecule has 1 aromatic rings. The lowest BCUT2D eigenvalue weighted by Gasteiger charge is -2.48. The first-order valence-corrected chi connectivity index (χ1v) is 13.1. The largest absolute Gasteiger partial charge is 0.490 e. The minimum Gasteiger partial charge on any atom is -0.490 e. The highest BCUT2D eigenvalue weighted by Crippen LogP contribution is 2.55. The summed E-state index contributed by atoms with van der Waals surface area (Å²) in [7, 11) is 2.02. The van der Waals surface area contributed by atoms with Gasteiger partial charge in [-0.3, -0.25) is 9.59 Å². The number of halogens is 1. The van der Waals surface area contributed by atoms with Crippen molar-refractivity contribution in [2.24, 2.45) is 10.8 Å². The Hall–Kier alpha value is -2.27. The van der Waals surface area contributed by atoms with E-state index in [-0.39, 0.29) is 22.4 Å². The zero-order chi connectivity index (χ0) is 25.7. The van der Waals surface area contributed by atoms with Crippen molar-refractivity contribution in [2.75, 3.05) is 20.3 Å². The van der Waals surface area contributed by atoms with E-state index in [1.165, 1.54) is 0 Å². The number of carbonyl (C=O) groups is 2. The van der Waals surface area contributed by atoms with Gasteiger partial charge in [-0.05, 0) is 54.7 Å². The van der Waals surface area contributed by atoms with E-state index in [1.54, 1.807) is 0 Å². The van der Waals surface area contributed by atoms with E-state index in [4.69, 9.17) is 21.1 Å². The Bertz CT molecular complexity index is 1070. The predicted octanol–water partition coefficient (Wildman–Crippen LogP) is 6.84. The van der Waals surface area contributed by atoms with Crippen LogP contribution in [-0.4, -0.2) is 36.7 Å². The third-order valence-electron chi connectivity index (χ3n) is 7.30. The van der Waals surface area contributed by atoms with Crippen molar-refractivity contribution in [3.63, 3.8) is 0 Å². The van der Waals surface area contributed by atoms with Gasteiger partial charge in [0.05, 0.1) is 18.2 Å². The van der Waals surface area contributed by atoms with Gasteiger partial charge < -0.3 is 14.4 Å². The molecule has 0 amide bonds. The molecule has 1 aromatic carbocycles. The lowest BCUT2D eigenvalue weighted by molar-refractivity contribution is -0.119. The summed E-state index contributed by atoms with van der Waals surface area (Å²) in [5.41, 5.74) is 4.08. The molecule has 0 spiro atoms. The maximum absolute atomic E-state index is 13.7. The van der Waals surface area contributed by atoms with Crippen LogP contribution in [0, 0.1) is 10.8 Å². The van der Waals surface area contributed by atoms with Crippen LogP contribution in [0.1, 0.15) is 85.1 Å². The molecule has 0 unspecified atom stereocenters. The van der Waals surface area contributed by atoms with Crippen LogP contribution in [0.5, 0.6) is 11.5 Å². The van der Waals surface area contributed by atoms with E-state index in [9.17, 15) is 9.59 Å². The molecule has 0 atom stereocenters. The van der Waals surface area contributed by atoms with E-state index < -0.39 is 5.92 Å². The molecule has 190 valence electrons. The minimum atomic E-state index is -0.444. The lowest BCUT2D eigenvalue weighted by atomic mass is 9.63. The van der Waals surface area contributed by atoms with E-state index in [1.807, 2.05) is 33.0 Å². The van der Waals surface area contributed by atoms with Gasteiger partial charge in [-0.2, -0.15) is 0 Å². The van der Waals surface area contributed by atoms with Gasteiger partial charge in [-0.15, -0.1) is 0 Å². The predicted molar refractivity (Wildman–Crippen MR) is 139 cm³/mol. The molecule has 1 heterocycles.